The number of hydrogen-bond acceptors (Lipinski definition) is 6. The third kappa shape index (κ3) is 5.15. The van der Waals surface area contributed by atoms with Crippen LogP contribution in [0.1, 0.15) is 16.8 Å². The van der Waals surface area contributed by atoms with Crippen molar-refractivity contribution >= 4 is 19.7 Å². The van der Waals surface area contributed by atoms with Crippen molar-refractivity contribution in [3.8, 4) is 5.75 Å². The fourth-order valence-corrected chi connectivity index (χ4v) is 2.06. The van der Waals surface area contributed by atoms with Gasteiger partial charge in [-0.3, -0.25) is 14.9 Å². The molecule has 0 aliphatic carbocycles. The van der Waals surface area contributed by atoms with E-state index in [2.05, 4.69) is 20.0 Å². The van der Waals surface area contributed by atoms with Crippen LogP contribution in [0.3, 0.4) is 0 Å². The van der Waals surface area contributed by atoms with Crippen LogP contribution in [-0.4, -0.2) is 26.1 Å². The predicted molar refractivity (Wildman–Crippen MR) is 85.1 cm³/mol. The third-order valence-electron chi connectivity index (χ3n) is 2.91. The van der Waals surface area contributed by atoms with Gasteiger partial charge in [0.05, 0.1) is 24.2 Å². The molecule has 23 heavy (non-hydrogen) atoms. The van der Waals surface area contributed by atoms with E-state index in [0.717, 1.165) is 5.69 Å². The molecule has 0 amide bonds. The van der Waals surface area contributed by atoms with Crippen molar-refractivity contribution in [2.45, 2.75) is 13.5 Å². The first-order valence-corrected chi connectivity index (χ1v) is 8.11. The third-order valence-corrected chi connectivity index (χ3v) is 3.37. The number of hydrazone groups is 1. The van der Waals surface area contributed by atoms with Crippen molar-refractivity contribution in [3.63, 3.8) is 0 Å². The zero-order chi connectivity index (χ0) is 16.9. The summed E-state index contributed by atoms with van der Waals surface area (Å²) in [5.74, 6) is -0.129. The lowest BCUT2D eigenvalue weighted by atomic mass is 10.1. The average molecular weight is 337 g/mol. The van der Waals surface area contributed by atoms with Gasteiger partial charge in [-0.1, -0.05) is 18.2 Å². The molecular formula is C14H16N3O5P. The Morgan fingerprint density at radius 3 is 2.70 bits per heavy atom. The lowest BCUT2D eigenvalue weighted by Crippen LogP contribution is -2.01. The summed E-state index contributed by atoms with van der Waals surface area (Å²) >= 11 is 0. The molecule has 0 fully saturated rings. The van der Waals surface area contributed by atoms with Crippen LogP contribution in [0.4, 0.5) is 5.69 Å². The summed E-state index contributed by atoms with van der Waals surface area (Å²) in [5.41, 5.74) is 4.48. The van der Waals surface area contributed by atoms with Crippen molar-refractivity contribution in [1.82, 2.24) is 4.98 Å². The second kappa shape index (κ2) is 7.34. The van der Waals surface area contributed by atoms with Gasteiger partial charge in [0.25, 0.3) is 0 Å². The van der Waals surface area contributed by atoms with Crippen LogP contribution in [0.5, 0.6) is 5.75 Å². The molecule has 0 radical (unpaired) electrons. The number of benzene rings is 1. The van der Waals surface area contributed by atoms with Gasteiger partial charge in [0.1, 0.15) is 5.75 Å². The van der Waals surface area contributed by atoms with E-state index in [0.29, 0.717) is 11.3 Å². The Balaban J connectivity index is 2.21. The number of pyridine rings is 1. The van der Waals surface area contributed by atoms with Gasteiger partial charge >= 0.3 is 7.82 Å². The Kier molecular flexibility index (Phi) is 5.46. The maximum absolute atomic E-state index is 10.8. The number of nitrogens with one attached hydrogen (secondary N) is 1. The zero-order valence-electron chi connectivity index (χ0n) is 12.2. The molecule has 0 saturated carbocycles. The molecule has 0 spiro atoms. The molecule has 0 unspecified atom stereocenters. The number of rotatable bonds is 6. The van der Waals surface area contributed by atoms with Gasteiger partial charge in [-0.15, -0.1) is 0 Å². The van der Waals surface area contributed by atoms with Crippen LogP contribution < -0.4 is 5.43 Å². The summed E-state index contributed by atoms with van der Waals surface area (Å²) in [6, 6.07) is 9.17. The Hall–Kier alpha value is -2.25. The van der Waals surface area contributed by atoms with Gasteiger partial charge < -0.3 is 14.9 Å². The topological polar surface area (TPSA) is 124 Å². The zero-order valence-corrected chi connectivity index (χ0v) is 13.1. The number of para-hydroxylation sites is 1. The van der Waals surface area contributed by atoms with E-state index >= 15 is 0 Å². The van der Waals surface area contributed by atoms with E-state index in [1.165, 1.54) is 12.4 Å². The van der Waals surface area contributed by atoms with E-state index in [9.17, 15) is 9.67 Å². The number of nitrogens with zero attached hydrogens (tertiary/aromatic N) is 2. The van der Waals surface area contributed by atoms with Crippen molar-refractivity contribution < 1.29 is 24.0 Å². The van der Waals surface area contributed by atoms with Gasteiger partial charge in [0.15, 0.2) is 0 Å². The Morgan fingerprint density at radius 2 is 2.04 bits per heavy atom. The molecule has 4 N–H and O–H groups in total. The molecule has 0 saturated heterocycles. The first-order chi connectivity index (χ1) is 10.9. The number of hydrogen-bond donors (Lipinski definition) is 4. The molecule has 0 atom stereocenters. The number of anilines is 1. The minimum Gasteiger partial charge on any atom is -0.505 e. The molecule has 9 heteroatoms. The molecule has 1 aromatic heterocycles. The van der Waals surface area contributed by atoms with Crippen LogP contribution in [0, 0.1) is 6.92 Å². The number of phosphoric ester groups is 1. The average Bonchev–Trinajstić information content (AvgIpc) is 2.51. The Morgan fingerprint density at radius 1 is 1.35 bits per heavy atom. The van der Waals surface area contributed by atoms with Gasteiger partial charge in [-0.2, -0.15) is 5.10 Å². The van der Waals surface area contributed by atoms with E-state index in [1.807, 2.05) is 30.3 Å². The summed E-state index contributed by atoms with van der Waals surface area (Å²) in [7, 11) is -4.62. The molecule has 1 heterocycles. The Labute approximate surface area is 132 Å². The SMILES string of the molecule is Cc1ncc(COP(=O)(O)O)c(/C=N/Nc2ccccc2)c1O. The molecule has 2 aromatic rings. The lowest BCUT2D eigenvalue weighted by molar-refractivity contribution is 0.188. The number of aryl methyl sites for hydroxylation is 1. The van der Waals surface area contributed by atoms with E-state index < -0.39 is 14.4 Å². The number of aromatic hydroxyl groups is 1. The highest BCUT2D eigenvalue weighted by atomic mass is 31.2. The summed E-state index contributed by atoms with van der Waals surface area (Å²) in [4.78, 5) is 21.5. The first-order valence-electron chi connectivity index (χ1n) is 6.58. The van der Waals surface area contributed by atoms with Gasteiger partial charge in [0, 0.05) is 17.3 Å². The Bertz CT molecular complexity index is 746. The van der Waals surface area contributed by atoms with E-state index in [-0.39, 0.29) is 11.3 Å². The van der Waals surface area contributed by atoms with Crippen molar-refractivity contribution in [2.75, 3.05) is 5.43 Å². The quantitative estimate of drug-likeness (QED) is 0.362. The molecule has 1 aromatic carbocycles. The van der Waals surface area contributed by atoms with Crippen molar-refractivity contribution in [1.29, 1.82) is 0 Å². The maximum atomic E-state index is 10.8. The monoisotopic (exact) mass is 337 g/mol. The first kappa shape index (κ1) is 17.1. The second-order valence-electron chi connectivity index (χ2n) is 4.63. The van der Waals surface area contributed by atoms with Crippen LogP contribution in [-0.2, 0) is 15.7 Å². The van der Waals surface area contributed by atoms with Crippen LogP contribution >= 0.6 is 7.82 Å². The molecule has 8 nitrogen and oxygen atoms in total. The summed E-state index contributed by atoms with van der Waals surface area (Å²) < 4.78 is 15.3. The smallest absolute Gasteiger partial charge is 0.469 e. The summed E-state index contributed by atoms with van der Waals surface area (Å²) in [6.45, 7) is 1.20. The lowest BCUT2D eigenvalue weighted by Gasteiger charge is -2.10. The van der Waals surface area contributed by atoms with E-state index in [1.54, 1.807) is 6.92 Å². The van der Waals surface area contributed by atoms with Crippen molar-refractivity contribution in [2.24, 2.45) is 5.10 Å². The largest absolute Gasteiger partial charge is 0.505 e. The molecule has 0 aliphatic heterocycles. The normalized spacial score (nSPS) is 11.8. The minimum atomic E-state index is -4.62. The number of phosphoric acid groups is 1. The molecule has 0 bridgehead atoms. The van der Waals surface area contributed by atoms with Crippen LogP contribution in [0.15, 0.2) is 41.6 Å². The number of aromatic nitrogens is 1. The molecule has 122 valence electrons. The fraction of sp³-hybridized carbons (Fsp3) is 0.143. The summed E-state index contributed by atoms with van der Waals surface area (Å²) in [6.07, 6.45) is 2.71. The van der Waals surface area contributed by atoms with Gasteiger partial charge in [0.2, 0.25) is 0 Å². The van der Waals surface area contributed by atoms with Crippen molar-refractivity contribution in [3.05, 3.63) is 53.3 Å². The molecular weight excluding hydrogens is 321 g/mol. The predicted octanol–water partition coefficient (Wildman–Crippen LogP) is 2.15. The molecule has 0 aliphatic rings. The second-order valence-corrected chi connectivity index (χ2v) is 5.87. The highest BCUT2D eigenvalue weighted by molar-refractivity contribution is 7.46. The minimum absolute atomic E-state index is 0.129. The highest BCUT2D eigenvalue weighted by Crippen LogP contribution is 2.37. The summed E-state index contributed by atoms with van der Waals surface area (Å²) in [5, 5.41) is 14.1. The van der Waals surface area contributed by atoms with Crippen LogP contribution in [0.25, 0.3) is 0 Å². The molecule has 2 rings (SSSR count). The van der Waals surface area contributed by atoms with Gasteiger partial charge in [-0.05, 0) is 19.1 Å². The maximum Gasteiger partial charge on any atom is 0.469 e. The highest BCUT2D eigenvalue weighted by Gasteiger charge is 2.17. The fourth-order valence-electron chi connectivity index (χ4n) is 1.75. The standard InChI is InChI=1S/C14H16N3O5P/c1-10-14(18)13(8-16-17-12-5-3-2-4-6-12)11(7-15-10)9-22-23(19,20)21/h2-8,17-18H,9H2,1H3,(H2,19,20,21)/b16-8+. The van der Waals surface area contributed by atoms with Gasteiger partial charge in [-0.25, -0.2) is 4.57 Å². The van der Waals surface area contributed by atoms with E-state index in [4.69, 9.17) is 9.79 Å². The van der Waals surface area contributed by atoms with Crippen LogP contribution in [0.2, 0.25) is 0 Å².